The minimum absolute atomic E-state index is 0.0717. The minimum Gasteiger partial charge on any atom is -0.299 e. The van der Waals surface area contributed by atoms with Gasteiger partial charge in [0.1, 0.15) is 11.2 Å². The van der Waals surface area contributed by atoms with Gasteiger partial charge in [0, 0.05) is 18.8 Å². The van der Waals surface area contributed by atoms with E-state index in [1.807, 2.05) is 49.4 Å². The number of aromatic nitrogens is 1. The van der Waals surface area contributed by atoms with Crippen LogP contribution in [0, 0.1) is 0 Å². The van der Waals surface area contributed by atoms with Gasteiger partial charge in [-0.25, -0.2) is 4.98 Å². The third-order valence-electron chi connectivity index (χ3n) is 3.73. The highest BCUT2D eigenvalue weighted by atomic mass is 16.2. The van der Waals surface area contributed by atoms with Gasteiger partial charge in [0.2, 0.25) is 5.91 Å². The number of benzene rings is 1. The van der Waals surface area contributed by atoms with Crippen molar-refractivity contribution >= 4 is 11.7 Å². The highest BCUT2D eigenvalue weighted by molar-refractivity contribution is 6.08. The Bertz CT molecular complexity index is 609. The highest BCUT2D eigenvalue weighted by Gasteiger charge is 2.47. The van der Waals surface area contributed by atoms with Crippen LogP contribution in [0.25, 0.3) is 0 Å². The van der Waals surface area contributed by atoms with E-state index in [4.69, 9.17) is 0 Å². The van der Waals surface area contributed by atoms with Crippen molar-refractivity contribution in [3.63, 3.8) is 0 Å². The lowest BCUT2D eigenvalue weighted by molar-refractivity contribution is -0.121. The number of carbonyl (C=O) groups excluding carboxylic acids is 1. The van der Waals surface area contributed by atoms with E-state index < -0.39 is 5.41 Å². The summed E-state index contributed by atoms with van der Waals surface area (Å²) in [5.41, 5.74) is 1.36. The van der Waals surface area contributed by atoms with E-state index in [1.165, 1.54) is 0 Å². The maximum Gasteiger partial charge on any atom is 0.242 e. The molecular formula is C15H14N2O. The molecule has 0 radical (unpaired) electrons. The van der Waals surface area contributed by atoms with Crippen LogP contribution in [0.15, 0.2) is 48.7 Å². The largest absolute Gasteiger partial charge is 0.299 e. The Morgan fingerprint density at radius 1 is 1.11 bits per heavy atom. The molecule has 1 aromatic carbocycles. The zero-order valence-corrected chi connectivity index (χ0v) is 10.4. The Morgan fingerprint density at radius 3 is 2.56 bits per heavy atom. The number of hydrogen-bond acceptors (Lipinski definition) is 2. The Morgan fingerprint density at radius 2 is 1.83 bits per heavy atom. The average molecular weight is 238 g/mol. The quantitative estimate of drug-likeness (QED) is 0.764. The van der Waals surface area contributed by atoms with Crippen LogP contribution < -0.4 is 4.90 Å². The van der Waals surface area contributed by atoms with Crippen molar-refractivity contribution in [2.45, 2.75) is 12.3 Å². The molecule has 0 saturated heterocycles. The number of hydrogen-bond donors (Lipinski definition) is 0. The molecule has 18 heavy (non-hydrogen) atoms. The van der Waals surface area contributed by atoms with Gasteiger partial charge in [-0.2, -0.15) is 0 Å². The molecule has 3 nitrogen and oxygen atoms in total. The number of rotatable bonds is 1. The van der Waals surface area contributed by atoms with Crippen LogP contribution in [-0.2, 0) is 10.2 Å². The summed E-state index contributed by atoms with van der Waals surface area (Å²) in [7, 11) is 1.78. The first-order valence-electron chi connectivity index (χ1n) is 5.95. The molecule has 90 valence electrons. The third-order valence-corrected chi connectivity index (χ3v) is 3.73. The van der Waals surface area contributed by atoms with Gasteiger partial charge in [-0.05, 0) is 18.6 Å². The molecule has 3 heteroatoms. The molecular weight excluding hydrogens is 224 g/mol. The minimum atomic E-state index is -0.625. The first-order chi connectivity index (χ1) is 8.65. The van der Waals surface area contributed by atoms with Crippen LogP contribution >= 0.6 is 0 Å². The molecule has 1 atom stereocenters. The number of fused-ring (bicyclic) bond motifs is 1. The fraction of sp³-hybridized carbons (Fsp3) is 0.200. The molecule has 1 unspecified atom stereocenters. The fourth-order valence-electron chi connectivity index (χ4n) is 2.65. The Labute approximate surface area is 106 Å². The Kier molecular flexibility index (Phi) is 2.23. The molecule has 0 fully saturated rings. The van der Waals surface area contributed by atoms with Crippen molar-refractivity contribution in [1.82, 2.24) is 4.98 Å². The summed E-state index contributed by atoms with van der Waals surface area (Å²) in [6.45, 7) is 1.97. The molecule has 3 rings (SSSR count). The van der Waals surface area contributed by atoms with Crippen molar-refractivity contribution in [3.05, 3.63) is 59.8 Å². The summed E-state index contributed by atoms with van der Waals surface area (Å²) in [6, 6.07) is 13.7. The second-order valence-corrected chi connectivity index (χ2v) is 4.73. The van der Waals surface area contributed by atoms with Crippen LogP contribution in [0.4, 0.5) is 5.82 Å². The second-order valence-electron chi connectivity index (χ2n) is 4.73. The molecule has 2 heterocycles. The molecule has 0 N–H and O–H groups in total. The Hall–Kier alpha value is -2.16. The van der Waals surface area contributed by atoms with Crippen molar-refractivity contribution in [2.75, 3.05) is 11.9 Å². The van der Waals surface area contributed by atoms with Crippen molar-refractivity contribution in [2.24, 2.45) is 0 Å². The molecule has 0 saturated carbocycles. The van der Waals surface area contributed by atoms with E-state index in [9.17, 15) is 4.79 Å². The monoisotopic (exact) mass is 238 g/mol. The number of amides is 1. The standard InChI is InChI=1S/C15H14N2O/c1-15(11-7-4-3-5-8-11)12-9-6-10-16-13(12)17(2)14(15)18/h3-10H,1-2H3. The number of anilines is 1. The molecule has 2 aromatic rings. The van der Waals surface area contributed by atoms with Crippen molar-refractivity contribution in [3.8, 4) is 0 Å². The van der Waals surface area contributed by atoms with Crippen molar-refractivity contribution in [1.29, 1.82) is 0 Å². The summed E-state index contributed by atoms with van der Waals surface area (Å²) in [6.07, 6.45) is 1.72. The molecule has 1 aliphatic rings. The van der Waals surface area contributed by atoms with E-state index in [1.54, 1.807) is 18.1 Å². The topological polar surface area (TPSA) is 33.2 Å². The predicted molar refractivity (Wildman–Crippen MR) is 70.5 cm³/mol. The summed E-state index contributed by atoms with van der Waals surface area (Å²) < 4.78 is 0. The second kappa shape index (κ2) is 3.67. The maximum atomic E-state index is 12.6. The maximum absolute atomic E-state index is 12.6. The first kappa shape index (κ1) is 11.0. The van der Waals surface area contributed by atoms with Crippen LogP contribution in [-0.4, -0.2) is 17.9 Å². The zero-order chi connectivity index (χ0) is 12.8. The molecule has 0 spiro atoms. The van der Waals surface area contributed by atoms with Crippen LogP contribution in [0.2, 0.25) is 0 Å². The number of carbonyl (C=O) groups is 1. The van der Waals surface area contributed by atoms with Crippen LogP contribution in [0.3, 0.4) is 0 Å². The third kappa shape index (κ3) is 1.24. The number of likely N-dealkylation sites (N-methyl/N-ethyl adjacent to an activating group) is 1. The number of pyridine rings is 1. The zero-order valence-electron chi connectivity index (χ0n) is 10.4. The lowest BCUT2D eigenvalue weighted by atomic mass is 9.78. The first-order valence-corrected chi connectivity index (χ1v) is 5.95. The Balaban J connectivity index is 2.27. The number of nitrogens with zero attached hydrogens (tertiary/aromatic N) is 2. The lowest BCUT2D eigenvalue weighted by Crippen LogP contribution is -2.37. The van der Waals surface area contributed by atoms with Crippen LogP contribution in [0.1, 0.15) is 18.1 Å². The van der Waals surface area contributed by atoms with Gasteiger partial charge in [0.25, 0.3) is 0 Å². The van der Waals surface area contributed by atoms with Gasteiger partial charge in [-0.15, -0.1) is 0 Å². The van der Waals surface area contributed by atoms with Gasteiger partial charge < -0.3 is 0 Å². The summed E-state index contributed by atoms with van der Waals surface area (Å²) >= 11 is 0. The average Bonchev–Trinajstić information content (AvgIpc) is 2.64. The summed E-state index contributed by atoms with van der Waals surface area (Å²) in [5, 5.41) is 0. The fourth-order valence-corrected chi connectivity index (χ4v) is 2.65. The van der Waals surface area contributed by atoms with E-state index in [0.717, 1.165) is 16.9 Å². The van der Waals surface area contributed by atoms with E-state index >= 15 is 0 Å². The molecule has 0 aliphatic carbocycles. The lowest BCUT2D eigenvalue weighted by Gasteiger charge is -2.23. The summed E-state index contributed by atoms with van der Waals surface area (Å²) in [4.78, 5) is 18.5. The van der Waals surface area contributed by atoms with Crippen LogP contribution in [0.5, 0.6) is 0 Å². The van der Waals surface area contributed by atoms with Gasteiger partial charge >= 0.3 is 0 Å². The van der Waals surface area contributed by atoms with E-state index in [2.05, 4.69) is 4.98 Å². The van der Waals surface area contributed by atoms with Gasteiger partial charge in [-0.3, -0.25) is 9.69 Å². The van der Waals surface area contributed by atoms with E-state index in [0.29, 0.717) is 0 Å². The van der Waals surface area contributed by atoms with Gasteiger partial charge in [0.15, 0.2) is 0 Å². The molecule has 1 aliphatic heterocycles. The van der Waals surface area contributed by atoms with E-state index in [-0.39, 0.29) is 5.91 Å². The van der Waals surface area contributed by atoms with Gasteiger partial charge in [-0.1, -0.05) is 36.4 Å². The summed E-state index contributed by atoms with van der Waals surface area (Å²) in [5.74, 6) is 0.830. The molecule has 0 bridgehead atoms. The smallest absolute Gasteiger partial charge is 0.242 e. The normalized spacial score (nSPS) is 22.1. The molecule has 1 aromatic heterocycles. The SMILES string of the molecule is CN1C(=O)C(C)(c2ccccc2)c2cccnc21. The van der Waals surface area contributed by atoms with Crippen molar-refractivity contribution < 1.29 is 4.79 Å². The molecule has 1 amide bonds. The van der Waals surface area contributed by atoms with Gasteiger partial charge in [0.05, 0.1) is 0 Å². The predicted octanol–water partition coefficient (Wildman–Crippen LogP) is 2.36. The highest BCUT2D eigenvalue weighted by Crippen LogP contribution is 2.43.